The van der Waals surface area contributed by atoms with E-state index in [1.54, 1.807) is 26.1 Å². The molecule has 39 heavy (non-hydrogen) atoms. The van der Waals surface area contributed by atoms with E-state index in [0.29, 0.717) is 19.5 Å². The lowest BCUT2D eigenvalue weighted by molar-refractivity contribution is -0.141. The largest absolute Gasteiger partial charge is 0.488 e. The van der Waals surface area contributed by atoms with Crippen molar-refractivity contribution in [2.45, 2.75) is 69.7 Å². The predicted octanol–water partition coefficient (Wildman–Crippen LogP) is 2.13. The van der Waals surface area contributed by atoms with Gasteiger partial charge in [0.1, 0.15) is 29.8 Å². The molecule has 208 valence electrons. The topological polar surface area (TPSA) is 99.8 Å². The van der Waals surface area contributed by atoms with Crippen LogP contribution < -0.4 is 20.7 Å². The van der Waals surface area contributed by atoms with Gasteiger partial charge in [0.05, 0.1) is 6.04 Å². The van der Waals surface area contributed by atoms with E-state index < -0.39 is 24.0 Å². The molecule has 0 spiro atoms. The Morgan fingerprint density at radius 3 is 2.51 bits per heavy atom. The van der Waals surface area contributed by atoms with Gasteiger partial charge in [0.25, 0.3) is 0 Å². The molecule has 1 fully saturated rings. The quantitative estimate of drug-likeness (QED) is 0.558. The molecule has 9 heteroatoms. The Bertz CT molecular complexity index is 1220. The number of hydrogen-bond donors (Lipinski definition) is 3. The summed E-state index contributed by atoms with van der Waals surface area (Å²) in [7, 11) is 1.63. The van der Waals surface area contributed by atoms with Gasteiger partial charge in [0, 0.05) is 33.0 Å². The maximum atomic E-state index is 13.5. The molecular formula is C30H37FN4O4. The lowest BCUT2D eigenvalue weighted by atomic mass is 10.0. The van der Waals surface area contributed by atoms with E-state index in [9.17, 15) is 18.8 Å². The SMILES string of the molecule is C[C@@H]1C(=O)N[C@H](Cc2ccc(F)cc2)C(=O)NCCCc2cccc3c2OC(CN[C@@H](C2CC2)C(=O)N1C)C3. The highest BCUT2D eigenvalue weighted by Crippen LogP contribution is 2.35. The minimum Gasteiger partial charge on any atom is -0.488 e. The van der Waals surface area contributed by atoms with Crippen LogP contribution in [0, 0.1) is 11.7 Å². The summed E-state index contributed by atoms with van der Waals surface area (Å²) in [5.41, 5.74) is 2.99. The maximum Gasteiger partial charge on any atom is 0.243 e. The summed E-state index contributed by atoms with van der Waals surface area (Å²) in [6, 6.07) is 10.0. The van der Waals surface area contributed by atoms with Crippen molar-refractivity contribution >= 4 is 17.7 Å². The van der Waals surface area contributed by atoms with Gasteiger partial charge in [0.2, 0.25) is 17.7 Å². The van der Waals surface area contributed by atoms with E-state index in [4.69, 9.17) is 4.74 Å². The number of likely N-dealkylation sites (N-methyl/N-ethyl adjacent to an activating group) is 1. The molecule has 2 aliphatic heterocycles. The van der Waals surface area contributed by atoms with Crippen LogP contribution in [0.3, 0.4) is 0 Å². The fraction of sp³-hybridized carbons (Fsp3) is 0.500. The smallest absolute Gasteiger partial charge is 0.243 e. The monoisotopic (exact) mass is 536 g/mol. The van der Waals surface area contributed by atoms with E-state index in [1.165, 1.54) is 17.0 Å². The highest BCUT2D eigenvalue weighted by Gasteiger charge is 2.40. The number of halogens is 1. The van der Waals surface area contributed by atoms with Crippen molar-refractivity contribution in [3.8, 4) is 5.75 Å². The summed E-state index contributed by atoms with van der Waals surface area (Å²) in [6.07, 6.45) is 4.30. The van der Waals surface area contributed by atoms with Crippen molar-refractivity contribution in [2.24, 2.45) is 5.92 Å². The van der Waals surface area contributed by atoms with Crippen molar-refractivity contribution in [2.75, 3.05) is 20.1 Å². The highest BCUT2D eigenvalue weighted by atomic mass is 19.1. The number of rotatable bonds is 3. The second-order valence-electron chi connectivity index (χ2n) is 11.0. The third kappa shape index (κ3) is 6.41. The van der Waals surface area contributed by atoms with Crippen molar-refractivity contribution in [3.63, 3.8) is 0 Å². The average molecular weight is 537 g/mol. The number of hydrogen-bond acceptors (Lipinski definition) is 5. The molecule has 4 atom stereocenters. The van der Waals surface area contributed by atoms with Gasteiger partial charge in [-0.2, -0.15) is 0 Å². The zero-order chi connectivity index (χ0) is 27.5. The van der Waals surface area contributed by atoms with Crippen LogP contribution in [-0.4, -0.2) is 67.0 Å². The molecule has 1 unspecified atom stereocenters. The van der Waals surface area contributed by atoms with Gasteiger partial charge in [-0.3, -0.25) is 14.4 Å². The first kappa shape index (κ1) is 27.1. The second kappa shape index (κ2) is 11.7. The predicted molar refractivity (Wildman–Crippen MR) is 145 cm³/mol. The summed E-state index contributed by atoms with van der Waals surface area (Å²) < 4.78 is 19.8. The first-order chi connectivity index (χ1) is 18.8. The standard InChI is InChI=1S/C30H37FN4O4/c1-18-28(36)34-25(15-19-8-12-23(31)13-9-19)29(37)32-14-4-7-21-5-3-6-22-16-24(39-27(21)22)17-33-26(20-10-11-20)30(38)35(18)2/h3,5-6,8-9,12-13,18,20,24-26,33H,4,7,10-11,14-17H2,1-2H3,(H,32,37)(H,34,36)/t18-,24?,25-,26+/m1/s1. The zero-order valence-corrected chi connectivity index (χ0v) is 22.5. The summed E-state index contributed by atoms with van der Waals surface area (Å²) in [4.78, 5) is 41.5. The zero-order valence-electron chi connectivity index (χ0n) is 22.5. The summed E-state index contributed by atoms with van der Waals surface area (Å²) in [5, 5.41) is 9.25. The van der Waals surface area contributed by atoms with Gasteiger partial charge < -0.3 is 25.6 Å². The summed E-state index contributed by atoms with van der Waals surface area (Å²) in [5.74, 6) is -0.0923. The molecule has 1 aliphatic carbocycles. The van der Waals surface area contributed by atoms with Gasteiger partial charge in [-0.25, -0.2) is 4.39 Å². The first-order valence-corrected chi connectivity index (χ1v) is 13.9. The molecule has 8 nitrogen and oxygen atoms in total. The van der Waals surface area contributed by atoms with Crippen LogP contribution in [-0.2, 0) is 33.6 Å². The molecule has 2 heterocycles. The number of carbonyl (C=O) groups excluding carboxylic acids is 3. The van der Waals surface area contributed by atoms with Crippen LogP contribution in [0.1, 0.15) is 42.9 Å². The van der Waals surface area contributed by atoms with E-state index in [0.717, 1.165) is 48.1 Å². The Kier molecular flexibility index (Phi) is 8.16. The molecule has 3 aliphatic rings. The number of para-hydroxylation sites is 1. The third-order valence-electron chi connectivity index (χ3n) is 8.05. The minimum atomic E-state index is -0.866. The molecule has 0 radical (unpaired) electrons. The Morgan fingerprint density at radius 1 is 1.03 bits per heavy atom. The number of benzene rings is 2. The molecular weight excluding hydrogens is 499 g/mol. The minimum absolute atomic E-state index is 0.0629. The van der Waals surface area contributed by atoms with Crippen LogP contribution in [0.2, 0.25) is 0 Å². The van der Waals surface area contributed by atoms with Crippen LogP contribution in [0.25, 0.3) is 0 Å². The molecule has 3 amide bonds. The third-order valence-corrected chi connectivity index (χ3v) is 8.05. The van der Waals surface area contributed by atoms with Crippen LogP contribution in [0.5, 0.6) is 5.75 Å². The molecule has 5 rings (SSSR count). The van der Waals surface area contributed by atoms with Crippen LogP contribution in [0.4, 0.5) is 4.39 Å². The lowest BCUT2D eigenvalue weighted by Gasteiger charge is -2.30. The fourth-order valence-corrected chi connectivity index (χ4v) is 5.42. The summed E-state index contributed by atoms with van der Waals surface area (Å²) in [6.45, 7) is 2.65. The normalized spacial score (nSPS) is 26.7. The number of fused-ring (bicyclic) bond motifs is 1. The van der Waals surface area contributed by atoms with Crippen LogP contribution in [0.15, 0.2) is 42.5 Å². The number of carbonyl (C=O) groups is 3. The fourth-order valence-electron chi connectivity index (χ4n) is 5.42. The highest BCUT2D eigenvalue weighted by molar-refractivity contribution is 5.93. The Labute approximate surface area is 228 Å². The Hall–Kier alpha value is -3.46. The first-order valence-electron chi connectivity index (χ1n) is 13.9. The number of aryl methyl sites for hydroxylation is 1. The van der Waals surface area contributed by atoms with Crippen molar-refractivity contribution < 1.29 is 23.5 Å². The second-order valence-corrected chi connectivity index (χ2v) is 11.0. The van der Waals surface area contributed by atoms with E-state index in [1.807, 2.05) is 6.07 Å². The number of nitrogens with zero attached hydrogens (tertiary/aromatic N) is 1. The molecule has 1 saturated carbocycles. The molecule has 0 saturated heterocycles. The number of ether oxygens (including phenoxy) is 1. The summed E-state index contributed by atoms with van der Waals surface area (Å²) >= 11 is 0. The maximum absolute atomic E-state index is 13.5. The lowest BCUT2D eigenvalue weighted by Crippen LogP contribution is -2.57. The van der Waals surface area contributed by atoms with Gasteiger partial charge in [0.15, 0.2) is 0 Å². The van der Waals surface area contributed by atoms with E-state index in [2.05, 4.69) is 28.1 Å². The molecule has 2 aromatic carbocycles. The molecule has 0 aromatic heterocycles. The van der Waals surface area contributed by atoms with Crippen molar-refractivity contribution in [1.29, 1.82) is 0 Å². The molecule has 2 aromatic rings. The molecule has 3 N–H and O–H groups in total. The van der Waals surface area contributed by atoms with Crippen molar-refractivity contribution in [1.82, 2.24) is 20.9 Å². The van der Waals surface area contributed by atoms with Gasteiger partial charge >= 0.3 is 0 Å². The van der Waals surface area contributed by atoms with E-state index >= 15 is 0 Å². The van der Waals surface area contributed by atoms with E-state index in [-0.39, 0.29) is 36.1 Å². The Morgan fingerprint density at radius 2 is 1.77 bits per heavy atom. The number of nitrogens with one attached hydrogen (secondary N) is 3. The van der Waals surface area contributed by atoms with Crippen LogP contribution >= 0.6 is 0 Å². The average Bonchev–Trinajstić information content (AvgIpc) is 3.68. The van der Waals surface area contributed by atoms with Gasteiger partial charge in [-0.1, -0.05) is 30.3 Å². The molecule has 2 bridgehead atoms. The Balaban J connectivity index is 1.38. The van der Waals surface area contributed by atoms with Gasteiger partial charge in [-0.05, 0) is 67.3 Å². The number of amides is 3. The van der Waals surface area contributed by atoms with Gasteiger partial charge in [-0.15, -0.1) is 0 Å². The van der Waals surface area contributed by atoms with Crippen molar-refractivity contribution in [3.05, 3.63) is 65.0 Å².